The molecule has 4 aromatic carbocycles. The number of hydrogen-bond donors (Lipinski definition) is 4. The number of hydrogen-bond acceptors (Lipinski definition) is 10. The minimum absolute atomic E-state index is 0.0915. The molecule has 1 aromatic heterocycles. The fraction of sp³-hybridized carbons (Fsp3) is 0.377. The third-order valence-corrected chi connectivity index (χ3v) is 13.3. The summed E-state index contributed by atoms with van der Waals surface area (Å²) >= 11 is 12.7. The Hall–Kier alpha value is -6.79. The Labute approximate surface area is 429 Å². The van der Waals surface area contributed by atoms with Crippen LogP contribution in [0.5, 0.6) is 11.5 Å². The van der Waals surface area contributed by atoms with Crippen LogP contribution < -0.4 is 20.7 Å². The van der Waals surface area contributed by atoms with Gasteiger partial charge in [-0.1, -0.05) is 71.7 Å². The number of carbonyl (C=O) groups excluding carboxylic acids is 6. The van der Waals surface area contributed by atoms with Gasteiger partial charge < -0.3 is 49.8 Å². The third kappa shape index (κ3) is 14.2. The Morgan fingerprint density at radius 2 is 1.53 bits per heavy atom. The molecule has 1 fully saturated rings. The summed E-state index contributed by atoms with van der Waals surface area (Å²) in [7, 11) is 4.60. The maximum absolute atomic E-state index is 15.0. The van der Waals surface area contributed by atoms with Crippen LogP contribution in [0.15, 0.2) is 103 Å². The molecular formula is C53H62Cl2N8O9. The quantitative estimate of drug-likeness (QED) is 0.109. The maximum Gasteiger partial charge on any atom is 0.271 e. The van der Waals surface area contributed by atoms with E-state index in [9.17, 15) is 24.0 Å². The van der Waals surface area contributed by atoms with Gasteiger partial charge in [0.05, 0.1) is 31.4 Å². The molecule has 0 spiro atoms. The number of aromatic nitrogens is 2. The normalized spacial score (nSPS) is 19.9. The van der Waals surface area contributed by atoms with Crippen molar-refractivity contribution in [2.45, 2.75) is 77.2 Å². The number of imidazole rings is 1. The number of nitrogens with one attached hydrogen (secondary N) is 3. The van der Waals surface area contributed by atoms with Gasteiger partial charge in [-0.2, -0.15) is 0 Å². The van der Waals surface area contributed by atoms with Gasteiger partial charge in [-0.15, -0.1) is 0 Å². The van der Waals surface area contributed by atoms with E-state index < -0.39 is 53.7 Å². The molecular weight excluding hydrogens is 964 g/mol. The van der Waals surface area contributed by atoms with Gasteiger partial charge >= 0.3 is 0 Å². The average Bonchev–Trinajstić information content (AvgIpc) is 3.76. The zero-order valence-corrected chi connectivity index (χ0v) is 42.8. The van der Waals surface area contributed by atoms with E-state index >= 15 is 4.79 Å². The molecule has 0 saturated carbocycles. The summed E-state index contributed by atoms with van der Waals surface area (Å²) in [5.41, 5.74) is 3.60. The van der Waals surface area contributed by atoms with Crippen molar-refractivity contribution in [3.63, 3.8) is 0 Å². The number of aliphatic hydroxyl groups excluding tert-OH is 1. The molecule has 4 N–H and O–H groups in total. The first kappa shape index (κ1) is 54.5. The van der Waals surface area contributed by atoms with Crippen molar-refractivity contribution < 1.29 is 43.3 Å². The number of methoxy groups -OCH3 is 1. The van der Waals surface area contributed by atoms with Crippen molar-refractivity contribution in [1.29, 1.82) is 0 Å². The van der Waals surface area contributed by atoms with E-state index in [1.807, 2.05) is 42.5 Å². The fourth-order valence-electron chi connectivity index (χ4n) is 8.43. The number of rotatable bonds is 14. The second-order valence-corrected chi connectivity index (χ2v) is 18.8. The van der Waals surface area contributed by atoms with E-state index in [4.69, 9.17) is 37.8 Å². The first-order chi connectivity index (χ1) is 34.5. The van der Waals surface area contributed by atoms with Crippen molar-refractivity contribution in [2.24, 2.45) is 5.92 Å². The summed E-state index contributed by atoms with van der Waals surface area (Å²) in [6.45, 7) is 4.70. The molecule has 1 aliphatic heterocycles. The monoisotopic (exact) mass is 1020 g/mol. The summed E-state index contributed by atoms with van der Waals surface area (Å²) in [4.78, 5) is 93.5. The van der Waals surface area contributed by atoms with Crippen molar-refractivity contribution >= 4 is 58.6 Å². The second kappa shape index (κ2) is 25.5. The fourth-order valence-corrected chi connectivity index (χ4v) is 8.72. The third-order valence-electron chi connectivity index (χ3n) is 12.8. The summed E-state index contributed by atoms with van der Waals surface area (Å²) < 4.78 is 13.6. The summed E-state index contributed by atoms with van der Waals surface area (Å²) in [5, 5.41) is 18.4. The lowest BCUT2D eigenvalue weighted by atomic mass is 9.93. The highest BCUT2D eigenvalue weighted by atomic mass is 35.5. The average molecular weight is 1030 g/mol. The van der Waals surface area contributed by atoms with Crippen LogP contribution >= 0.6 is 23.2 Å². The Morgan fingerprint density at radius 1 is 0.847 bits per heavy atom. The van der Waals surface area contributed by atoms with Crippen molar-refractivity contribution in [3.8, 4) is 17.2 Å². The smallest absolute Gasteiger partial charge is 0.271 e. The molecule has 5 aromatic rings. The molecule has 6 amide bonds. The Morgan fingerprint density at radius 3 is 2.21 bits per heavy atom. The molecule has 2 heterocycles. The number of nitrogens with zero attached hydrogens (tertiary/aromatic N) is 5. The SMILES string of the molecule is COC[C@@H]1NC(=O)[C@H](C)N(Cc2ccc(Cl)cc2Oc2ccc(-n3cnc(C(=O)NCCO)c3C)cc2)C(=O)C[C@@H](Cc2ccccc2)C(=O)N(C)[C@@H](C)CNC(=O)C[C@H](Cc2ccc(Cl)cc2)N(C)C1=O. The standard InChI is InChI=1S/C53H62Cl2N8O9/c1-33-29-57-47(65)28-43(25-37-12-15-40(54)16-13-37)61(5)53(70)45(31-71-6)59-50(67)35(3)62(48(66)26-39(52(69)60(33)4)24-36-10-8-7-9-11-36)30-38-14-17-41(55)27-46(38)72-44-20-18-42(19-21-44)63-32-58-49(34(63)2)51(68)56-22-23-64/h7-21,27,32-33,35,39,43,45,64H,22-26,28-31H2,1-6H3,(H,56,68)(H,57,65)(H,59,67)/t33-,35-,39+,43-,45-/m0/s1. The molecule has 72 heavy (non-hydrogen) atoms. The van der Waals surface area contributed by atoms with Crippen LogP contribution in [0.1, 0.15) is 59.6 Å². The molecule has 0 aliphatic carbocycles. The van der Waals surface area contributed by atoms with E-state index in [0.717, 1.165) is 11.1 Å². The zero-order chi connectivity index (χ0) is 52.1. The lowest BCUT2D eigenvalue weighted by Crippen LogP contribution is -2.57. The van der Waals surface area contributed by atoms with Gasteiger partial charge in [-0.05, 0) is 93.3 Å². The molecule has 1 saturated heterocycles. The Bertz CT molecular complexity index is 2690. The summed E-state index contributed by atoms with van der Waals surface area (Å²) in [6, 6.07) is 24.7. The predicted molar refractivity (Wildman–Crippen MR) is 273 cm³/mol. The number of ether oxygens (including phenoxy) is 2. The van der Waals surface area contributed by atoms with Crippen LogP contribution in [0.2, 0.25) is 10.0 Å². The largest absolute Gasteiger partial charge is 0.457 e. The molecule has 0 radical (unpaired) electrons. The van der Waals surface area contributed by atoms with Crippen molar-refractivity contribution in [2.75, 3.05) is 47.5 Å². The van der Waals surface area contributed by atoms with Gasteiger partial charge in [0, 0.05) is 80.5 Å². The van der Waals surface area contributed by atoms with Crippen molar-refractivity contribution in [3.05, 3.63) is 142 Å². The molecule has 5 atom stereocenters. The number of amides is 6. The highest BCUT2D eigenvalue weighted by molar-refractivity contribution is 6.31. The number of benzene rings is 4. The number of halogens is 2. The molecule has 19 heteroatoms. The molecule has 0 bridgehead atoms. The van der Waals surface area contributed by atoms with Crippen LogP contribution in [0.4, 0.5) is 0 Å². The molecule has 382 valence electrons. The molecule has 0 unspecified atom stereocenters. The lowest BCUT2D eigenvalue weighted by Gasteiger charge is -2.35. The Balaban J connectivity index is 1.35. The van der Waals surface area contributed by atoms with E-state index in [1.165, 1.54) is 28.1 Å². The van der Waals surface area contributed by atoms with Crippen LogP contribution in [0.3, 0.4) is 0 Å². The minimum Gasteiger partial charge on any atom is -0.457 e. The first-order valence-corrected chi connectivity index (χ1v) is 24.4. The maximum atomic E-state index is 15.0. The summed E-state index contributed by atoms with van der Waals surface area (Å²) in [6.07, 6.45) is 1.62. The van der Waals surface area contributed by atoms with E-state index in [1.54, 1.807) is 94.0 Å². The van der Waals surface area contributed by atoms with Gasteiger partial charge in [0.2, 0.25) is 29.5 Å². The van der Waals surface area contributed by atoms with Crippen LogP contribution in [-0.4, -0.2) is 136 Å². The topological polar surface area (TPSA) is 205 Å². The van der Waals surface area contributed by atoms with Crippen LogP contribution in [0, 0.1) is 12.8 Å². The van der Waals surface area contributed by atoms with Crippen LogP contribution in [-0.2, 0) is 48.1 Å². The molecule has 1 aliphatic rings. The Kier molecular flexibility index (Phi) is 19.4. The summed E-state index contributed by atoms with van der Waals surface area (Å²) in [5.74, 6) is -3.01. The zero-order valence-electron chi connectivity index (χ0n) is 41.3. The van der Waals surface area contributed by atoms with E-state index in [2.05, 4.69) is 20.9 Å². The van der Waals surface area contributed by atoms with Gasteiger partial charge in [0.1, 0.15) is 35.6 Å². The second-order valence-electron chi connectivity index (χ2n) is 17.9. The number of likely N-dealkylation sites (N-methyl/N-ethyl adjacent to an activating group) is 2. The van der Waals surface area contributed by atoms with E-state index in [0.29, 0.717) is 32.7 Å². The van der Waals surface area contributed by atoms with Gasteiger partial charge in [-0.3, -0.25) is 28.8 Å². The van der Waals surface area contributed by atoms with Gasteiger partial charge in [0.25, 0.3) is 5.91 Å². The first-order valence-electron chi connectivity index (χ1n) is 23.6. The highest BCUT2D eigenvalue weighted by Crippen LogP contribution is 2.32. The van der Waals surface area contributed by atoms with Crippen molar-refractivity contribution in [1.82, 2.24) is 40.2 Å². The lowest BCUT2D eigenvalue weighted by molar-refractivity contribution is -0.147. The predicted octanol–water partition coefficient (Wildman–Crippen LogP) is 5.54. The molecule has 6 rings (SSSR count). The highest BCUT2D eigenvalue weighted by Gasteiger charge is 2.36. The van der Waals surface area contributed by atoms with E-state index in [-0.39, 0.29) is 81.8 Å². The van der Waals surface area contributed by atoms with Crippen LogP contribution in [0.25, 0.3) is 5.69 Å². The number of carbonyl (C=O) groups is 6. The minimum atomic E-state index is -1.22. The molecule has 17 nitrogen and oxygen atoms in total. The number of aliphatic hydroxyl groups is 1. The van der Waals surface area contributed by atoms with Gasteiger partial charge in [0.15, 0.2) is 0 Å². The van der Waals surface area contributed by atoms with Gasteiger partial charge in [-0.25, -0.2) is 4.98 Å².